The molecule has 86 valence electrons. The second kappa shape index (κ2) is 6.65. The van der Waals surface area contributed by atoms with Gasteiger partial charge in [-0.05, 0) is 20.3 Å². The first kappa shape index (κ1) is 12.3. The Morgan fingerprint density at radius 3 is 2.33 bits per heavy atom. The number of rotatable bonds is 7. The molecule has 1 heterocycles. The summed E-state index contributed by atoms with van der Waals surface area (Å²) in [6, 6.07) is 0. The molecule has 0 bridgehead atoms. The van der Waals surface area contributed by atoms with Crippen LogP contribution in [0, 0.1) is 13.8 Å². The number of hydrogen-bond donors (Lipinski definition) is 0. The predicted molar refractivity (Wildman–Crippen MR) is 65.1 cm³/mol. The molecule has 0 unspecified atom stereocenters. The van der Waals surface area contributed by atoms with Crippen molar-refractivity contribution in [3.8, 4) is 0 Å². The summed E-state index contributed by atoms with van der Waals surface area (Å²) in [5.74, 6) is 1.15. The van der Waals surface area contributed by atoms with Crippen molar-refractivity contribution in [1.82, 2.24) is 9.55 Å². The lowest BCUT2D eigenvalue weighted by atomic mass is 10.1. The third-order valence-electron chi connectivity index (χ3n) is 2.99. The maximum absolute atomic E-state index is 4.31. The second-order valence-electron chi connectivity index (χ2n) is 4.37. The Bertz CT molecular complexity index is 257. The lowest BCUT2D eigenvalue weighted by Gasteiger charge is -2.07. The highest BCUT2D eigenvalue weighted by Gasteiger charge is 2.00. The molecule has 0 aromatic carbocycles. The van der Waals surface area contributed by atoms with Crippen LogP contribution in [0.5, 0.6) is 0 Å². The molecule has 2 nitrogen and oxygen atoms in total. The van der Waals surface area contributed by atoms with Gasteiger partial charge in [-0.3, -0.25) is 0 Å². The Hall–Kier alpha value is -0.790. The van der Waals surface area contributed by atoms with Crippen molar-refractivity contribution in [1.29, 1.82) is 0 Å². The molecule has 0 aliphatic carbocycles. The molecule has 1 aromatic rings. The van der Waals surface area contributed by atoms with Crippen molar-refractivity contribution < 1.29 is 0 Å². The summed E-state index contributed by atoms with van der Waals surface area (Å²) < 4.78 is 2.32. The Balaban J connectivity index is 2.15. The van der Waals surface area contributed by atoms with Crippen LogP contribution in [-0.2, 0) is 6.54 Å². The molecule has 0 saturated heterocycles. The number of unbranched alkanes of at least 4 members (excludes halogenated alkanes) is 5. The van der Waals surface area contributed by atoms with Gasteiger partial charge in [-0.15, -0.1) is 0 Å². The molecule has 1 rings (SSSR count). The van der Waals surface area contributed by atoms with Gasteiger partial charge in [0.2, 0.25) is 0 Å². The predicted octanol–water partition coefficient (Wildman–Crippen LogP) is 3.86. The van der Waals surface area contributed by atoms with E-state index >= 15 is 0 Å². The van der Waals surface area contributed by atoms with Gasteiger partial charge in [0.05, 0.1) is 0 Å². The molecule has 2 heteroatoms. The van der Waals surface area contributed by atoms with Crippen LogP contribution in [0.25, 0.3) is 0 Å². The second-order valence-corrected chi connectivity index (χ2v) is 4.37. The van der Waals surface area contributed by atoms with Gasteiger partial charge in [0.15, 0.2) is 0 Å². The molecule has 1 aromatic heterocycles. The highest BCUT2D eigenvalue weighted by Crippen LogP contribution is 2.09. The average molecular weight is 208 g/mol. The Labute approximate surface area is 93.7 Å². The summed E-state index contributed by atoms with van der Waals surface area (Å²) in [7, 11) is 0. The summed E-state index contributed by atoms with van der Waals surface area (Å²) in [5, 5.41) is 0. The van der Waals surface area contributed by atoms with E-state index in [0.717, 1.165) is 12.4 Å². The van der Waals surface area contributed by atoms with Crippen molar-refractivity contribution in [3.05, 3.63) is 17.7 Å². The van der Waals surface area contributed by atoms with E-state index < -0.39 is 0 Å². The molecular weight excluding hydrogens is 184 g/mol. The fourth-order valence-electron chi connectivity index (χ4n) is 1.97. The SMILES string of the molecule is CCCCCCCCn1c(C)cnc1C. The van der Waals surface area contributed by atoms with Crippen LogP contribution in [0.15, 0.2) is 6.20 Å². The largest absolute Gasteiger partial charge is 0.333 e. The zero-order valence-corrected chi connectivity index (χ0v) is 10.4. The van der Waals surface area contributed by atoms with Crippen LogP contribution in [0.3, 0.4) is 0 Å². The Kier molecular flexibility index (Phi) is 5.44. The molecule has 0 radical (unpaired) electrons. The molecule has 15 heavy (non-hydrogen) atoms. The number of aromatic nitrogens is 2. The Morgan fingerprint density at radius 1 is 1.07 bits per heavy atom. The molecule has 0 amide bonds. The number of nitrogens with zero attached hydrogens (tertiary/aromatic N) is 2. The first-order chi connectivity index (χ1) is 7.25. The highest BCUT2D eigenvalue weighted by atomic mass is 15.1. The third-order valence-corrected chi connectivity index (χ3v) is 2.99. The van der Waals surface area contributed by atoms with Gasteiger partial charge in [-0.2, -0.15) is 0 Å². The average Bonchev–Trinajstić information content (AvgIpc) is 2.54. The van der Waals surface area contributed by atoms with Crippen LogP contribution in [-0.4, -0.2) is 9.55 Å². The molecule has 0 spiro atoms. The molecular formula is C13H24N2. The van der Waals surface area contributed by atoms with E-state index in [1.165, 1.54) is 44.2 Å². The summed E-state index contributed by atoms with van der Waals surface area (Å²) in [6.45, 7) is 7.63. The zero-order chi connectivity index (χ0) is 11.1. The topological polar surface area (TPSA) is 17.8 Å². The number of hydrogen-bond acceptors (Lipinski definition) is 1. The van der Waals surface area contributed by atoms with E-state index in [1.54, 1.807) is 0 Å². The van der Waals surface area contributed by atoms with Crippen molar-refractivity contribution in [2.24, 2.45) is 0 Å². The normalized spacial score (nSPS) is 10.9. The molecule has 0 atom stereocenters. The minimum Gasteiger partial charge on any atom is -0.333 e. The minimum atomic E-state index is 1.14. The van der Waals surface area contributed by atoms with Gasteiger partial charge in [0, 0.05) is 18.4 Å². The summed E-state index contributed by atoms with van der Waals surface area (Å²) in [6.07, 6.45) is 10.1. The highest BCUT2D eigenvalue weighted by molar-refractivity contribution is 5.01. The molecule has 0 saturated carbocycles. The molecule has 0 fully saturated rings. The van der Waals surface area contributed by atoms with E-state index in [0.29, 0.717) is 0 Å². The zero-order valence-electron chi connectivity index (χ0n) is 10.4. The van der Waals surface area contributed by atoms with E-state index in [9.17, 15) is 0 Å². The number of imidazole rings is 1. The van der Waals surface area contributed by atoms with Crippen LogP contribution >= 0.6 is 0 Å². The van der Waals surface area contributed by atoms with Crippen LogP contribution < -0.4 is 0 Å². The number of aryl methyl sites for hydroxylation is 2. The van der Waals surface area contributed by atoms with Crippen LogP contribution in [0.4, 0.5) is 0 Å². The lowest BCUT2D eigenvalue weighted by Crippen LogP contribution is -2.02. The maximum Gasteiger partial charge on any atom is 0.105 e. The van der Waals surface area contributed by atoms with Gasteiger partial charge in [0.1, 0.15) is 5.82 Å². The van der Waals surface area contributed by atoms with Crippen molar-refractivity contribution >= 4 is 0 Å². The van der Waals surface area contributed by atoms with Crippen molar-refractivity contribution in [3.63, 3.8) is 0 Å². The third kappa shape index (κ3) is 4.06. The first-order valence-corrected chi connectivity index (χ1v) is 6.24. The van der Waals surface area contributed by atoms with E-state index in [4.69, 9.17) is 0 Å². The monoisotopic (exact) mass is 208 g/mol. The standard InChI is InChI=1S/C13H24N2/c1-4-5-6-7-8-9-10-15-12(2)11-14-13(15)3/h11H,4-10H2,1-3H3. The minimum absolute atomic E-state index is 1.14. The first-order valence-electron chi connectivity index (χ1n) is 6.24. The fraction of sp³-hybridized carbons (Fsp3) is 0.769. The lowest BCUT2D eigenvalue weighted by molar-refractivity contribution is 0.546. The van der Waals surface area contributed by atoms with Crippen LogP contribution in [0.2, 0.25) is 0 Å². The van der Waals surface area contributed by atoms with Crippen molar-refractivity contribution in [2.45, 2.75) is 65.8 Å². The molecule has 0 aliphatic rings. The smallest absolute Gasteiger partial charge is 0.105 e. The molecule has 0 aliphatic heterocycles. The summed E-state index contributed by atoms with van der Waals surface area (Å²) >= 11 is 0. The van der Waals surface area contributed by atoms with E-state index in [1.807, 2.05) is 6.20 Å². The fourth-order valence-corrected chi connectivity index (χ4v) is 1.97. The Morgan fingerprint density at radius 2 is 1.73 bits per heavy atom. The maximum atomic E-state index is 4.31. The van der Waals surface area contributed by atoms with E-state index in [2.05, 4.69) is 30.3 Å². The van der Waals surface area contributed by atoms with Gasteiger partial charge in [-0.25, -0.2) is 4.98 Å². The van der Waals surface area contributed by atoms with Gasteiger partial charge < -0.3 is 4.57 Å². The van der Waals surface area contributed by atoms with Gasteiger partial charge in [0.25, 0.3) is 0 Å². The quantitative estimate of drug-likeness (QED) is 0.622. The summed E-state index contributed by atoms with van der Waals surface area (Å²) in [5.41, 5.74) is 1.29. The van der Waals surface area contributed by atoms with Gasteiger partial charge in [-0.1, -0.05) is 39.0 Å². The van der Waals surface area contributed by atoms with Crippen LogP contribution in [0.1, 0.15) is 57.0 Å². The van der Waals surface area contributed by atoms with E-state index in [-0.39, 0.29) is 0 Å². The summed E-state index contributed by atoms with van der Waals surface area (Å²) in [4.78, 5) is 4.31. The molecule has 0 N–H and O–H groups in total. The van der Waals surface area contributed by atoms with Crippen molar-refractivity contribution in [2.75, 3.05) is 0 Å². The van der Waals surface area contributed by atoms with Gasteiger partial charge >= 0.3 is 0 Å².